The SMILES string of the molecule is c1ccc2c(c1)C1CCCC[C@H]1N1CCc3c([nH]c4ccccc34)[C@@H]21. The molecule has 0 bridgehead atoms. The van der Waals surface area contributed by atoms with Crippen LogP contribution in [0.3, 0.4) is 0 Å². The number of hydrogen-bond donors (Lipinski definition) is 1. The molecule has 1 unspecified atom stereocenters. The summed E-state index contributed by atoms with van der Waals surface area (Å²) >= 11 is 0. The number of hydrogen-bond acceptors (Lipinski definition) is 1. The fourth-order valence-corrected chi connectivity index (χ4v) is 5.92. The van der Waals surface area contributed by atoms with Crippen molar-refractivity contribution in [2.24, 2.45) is 0 Å². The quantitative estimate of drug-likeness (QED) is 0.604. The molecule has 2 aliphatic heterocycles. The summed E-state index contributed by atoms with van der Waals surface area (Å²) < 4.78 is 0. The molecule has 0 amide bonds. The Kier molecular flexibility index (Phi) is 2.95. The van der Waals surface area contributed by atoms with E-state index in [1.54, 1.807) is 16.7 Å². The highest BCUT2D eigenvalue weighted by atomic mass is 15.2. The maximum atomic E-state index is 3.81. The van der Waals surface area contributed by atoms with Crippen molar-refractivity contribution in [3.63, 3.8) is 0 Å². The van der Waals surface area contributed by atoms with E-state index in [1.807, 2.05) is 0 Å². The number of nitrogens with zero attached hydrogens (tertiary/aromatic N) is 1. The minimum absolute atomic E-state index is 0.423. The number of benzene rings is 2. The molecule has 1 aromatic heterocycles. The fourth-order valence-electron chi connectivity index (χ4n) is 5.92. The predicted octanol–water partition coefficient (Wildman–Crippen LogP) is 5.16. The van der Waals surface area contributed by atoms with Gasteiger partial charge in [-0.1, -0.05) is 55.3 Å². The number of H-pyrrole nitrogens is 1. The number of nitrogens with one attached hydrogen (secondary N) is 1. The van der Waals surface area contributed by atoms with Crippen LogP contribution >= 0.6 is 0 Å². The molecule has 3 aromatic rings. The van der Waals surface area contributed by atoms with Crippen LogP contribution in [-0.4, -0.2) is 22.5 Å². The van der Waals surface area contributed by atoms with Gasteiger partial charge in [-0.2, -0.15) is 0 Å². The first-order valence-electron chi connectivity index (χ1n) is 9.86. The minimum atomic E-state index is 0.423. The topological polar surface area (TPSA) is 19.0 Å². The van der Waals surface area contributed by atoms with Crippen molar-refractivity contribution in [1.29, 1.82) is 0 Å². The minimum Gasteiger partial charge on any atom is -0.357 e. The number of fused-ring (bicyclic) bond motifs is 10. The highest BCUT2D eigenvalue weighted by Crippen LogP contribution is 2.51. The Hall–Kier alpha value is -2.06. The first-order valence-corrected chi connectivity index (χ1v) is 9.86. The molecular formula is C23H24N2. The van der Waals surface area contributed by atoms with E-state index in [0.717, 1.165) is 12.0 Å². The van der Waals surface area contributed by atoms with Crippen LogP contribution in [0.4, 0.5) is 0 Å². The summed E-state index contributed by atoms with van der Waals surface area (Å²) in [5, 5.41) is 1.43. The zero-order chi connectivity index (χ0) is 16.4. The average molecular weight is 328 g/mol. The van der Waals surface area contributed by atoms with Crippen molar-refractivity contribution >= 4 is 10.9 Å². The number of aromatic nitrogens is 1. The molecule has 6 rings (SSSR count). The summed E-state index contributed by atoms with van der Waals surface area (Å²) in [7, 11) is 0. The maximum absolute atomic E-state index is 3.81. The first kappa shape index (κ1) is 14.1. The van der Waals surface area contributed by atoms with Crippen molar-refractivity contribution in [3.8, 4) is 0 Å². The molecule has 2 heteroatoms. The zero-order valence-electron chi connectivity index (χ0n) is 14.5. The van der Waals surface area contributed by atoms with Crippen molar-refractivity contribution in [2.45, 2.75) is 50.1 Å². The summed E-state index contributed by atoms with van der Waals surface area (Å²) in [6.07, 6.45) is 6.70. The summed E-state index contributed by atoms with van der Waals surface area (Å²) in [5.41, 5.74) is 7.50. The van der Waals surface area contributed by atoms with E-state index >= 15 is 0 Å². The third-order valence-corrected chi connectivity index (χ3v) is 6.92. The van der Waals surface area contributed by atoms with E-state index in [2.05, 4.69) is 58.4 Å². The van der Waals surface area contributed by atoms with Crippen LogP contribution in [0.2, 0.25) is 0 Å². The van der Waals surface area contributed by atoms with Gasteiger partial charge in [-0.15, -0.1) is 0 Å². The van der Waals surface area contributed by atoms with Crippen LogP contribution in [0, 0.1) is 0 Å². The van der Waals surface area contributed by atoms with Gasteiger partial charge in [0, 0.05) is 29.2 Å². The smallest absolute Gasteiger partial charge is 0.0762 e. The molecule has 2 aromatic carbocycles. The van der Waals surface area contributed by atoms with Crippen LogP contribution in [0.5, 0.6) is 0 Å². The number of para-hydroxylation sites is 1. The van der Waals surface area contributed by atoms with Crippen LogP contribution in [0.15, 0.2) is 48.5 Å². The average Bonchev–Trinajstić information content (AvgIpc) is 3.06. The molecule has 0 spiro atoms. The monoisotopic (exact) mass is 328 g/mol. The maximum Gasteiger partial charge on any atom is 0.0762 e. The second-order valence-corrected chi connectivity index (χ2v) is 8.04. The van der Waals surface area contributed by atoms with E-state index in [0.29, 0.717) is 6.04 Å². The molecule has 0 saturated heterocycles. The van der Waals surface area contributed by atoms with Crippen LogP contribution in [0.25, 0.3) is 10.9 Å². The summed E-state index contributed by atoms with van der Waals surface area (Å²) in [4.78, 5) is 6.65. The van der Waals surface area contributed by atoms with Gasteiger partial charge in [0.25, 0.3) is 0 Å². The lowest BCUT2D eigenvalue weighted by molar-refractivity contribution is 0.0799. The van der Waals surface area contributed by atoms with E-state index in [9.17, 15) is 0 Å². The second kappa shape index (κ2) is 5.22. The molecule has 1 aliphatic carbocycles. The number of rotatable bonds is 0. The van der Waals surface area contributed by atoms with Crippen molar-refractivity contribution in [3.05, 3.63) is 70.9 Å². The third-order valence-electron chi connectivity index (χ3n) is 6.92. The predicted molar refractivity (Wildman–Crippen MR) is 102 cm³/mol. The Balaban J connectivity index is 1.60. The van der Waals surface area contributed by atoms with Gasteiger partial charge >= 0.3 is 0 Å². The Bertz CT molecular complexity index is 954. The molecule has 126 valence electrons. The molecule has 25 heavy (non-hydrogen) atoms. The first-order chi connectivity index (χ1) is 12.4. The summed E-state index contributed by atoms with van der Waals surface area (Å²) in [6, 6.07) is 19.3. The van der Waals surface area contributed by atoms with Crippen molar-refractivity contribution in [2.75, 3.05) is 6.54 Å². The molecule has 3 atom stereocenters. The molecule has 1 N–H and O–H groups in total. The van der Waals surface area contributed by atoms with Crippen LogP contribution < -0.4 is 0 Å². The normalized spacial score (nSPS) is 28.1. The van der Waals surface area contributed by atoms with Gasteiger partial charge < -0.3 is 4.98 Å². The van der Waals surface area contributed by atoms with Gasteiger partial charge in [0.05, 0.1) is 6.04 Å². The Labute approximate surface area is 148 Å². The lowest BCUT2D eigenvalue weighted by Gasteiger charge is -2.51. The molecule has 3 aliphatic rings. The van der Waals surface area contributed by atoms with Crippen LogP contribution in [-0.2, 0) is 6.42 Å². The molecule has 3 heterocycles. The molecule has 2 nitrogen and oxygen atoms in total. The zero-order valence-corrected chi connectivity index (χ0v) is 14.5. The lowest BCUT2D eigenvalue weighted by Crippen LogP contribution is -2.50. The lowest BCUT2D eigenvalue weighted by atomic mass is 9.71. The van der Waals surface area contributed by atoms with Crippen molar-refractivity contribution in [1.82, 2.24) is 9.88 Å². The summed E-state index contributed by atoms with van der Waals surface area (Å²) in [5.74, 6) is 0.743. The van der Waals surface area contributed by atoms with Gasteiger partial charge in [-0.25, -0.2) is 0 Å². The summed E-state index contributed by atoms with van der Waals surface area (Å²) in [6.45, 7) is 1.20. The molecule has 1 saturated carbocycles. The van der Waals surface area contributed by atoms with Gasteiger partial charge in [-0.05, 0) is 47.9 Å². The molecule has 1 fully saturated rings. The van der Waals surface area contributed by atoms with E-state index < -0.39 is 0 Å². The van der Waals surface area contributed by atoms with E-state index in [4.69, 9.17) is 0 Å². The molecular weight excluding hydrogens is 304 g/mol. The van der Waals surface area contributed by atoms with Gasteiger partial charge in [0.15, 0.2) is 0 Å². The van der Waals surface area contributed by atoms with E-state index in [-0.39, 0.29) is 0 Å². The Morgan fingerprint density at radius 1 is 0.880 bits per heavy atom. The second-order valence-electron chi connectivity index (χ2n) is 8.04. The highest BCUT2D eigenvalue weighted by molar-refractivity contribution is 5.85. The van der Waals surface area contributed by atoms with Crippen LogP contribution in [0.1, 0.15) is 60.0 Å². The standard InChI is InChI=1S/C23H24N2/c1-2-10-19-15(7-1)17-9-4-6-12-21(17)25-14-13-18-16-8-3-5-11-20(16)24-22(18)23(19)25/h1-3,5,7-8,10-11,17,21,23-24H,4,6,9,12-14H2/t17?,21-,23-/m1/s1. The van der Waals surface area contributed by atoms with Crippen molar-refractivity contribution < 1.29 is 0 Å². The van der Waals surface area contributed by atoms with E-state index in [1.165, 1.54) is 55.2 Å². The number of aromatic amines is 1. The largest absolute Gasteiger partial charge is 0.357 e. The highest BCUT2D eigenvalue weighted by Gasteiger charge is 2.44. The van der Waals surface area contributed by atoms with Gasteiger partial charge in [0.1, 0.15) is 0 Å². The fraction of sp³-hybridized carbons (Fsp3) is 0.391. The Morgan fingerprint density at radius 3 is 2.64 bits per heavy atom. The van der Waals surface area contributed by atoms with Gasteiger partial charge in [0.2, 0.25) is 0 Å². The Morgan fingerprint density at radius 2 is 1.68 bits per heavy atom. The molecule has 0 radical (unpaired) electrons. The third kappa shape index (κ3) is 1.89. The van der Waals surface area contributed by atoms with Gasteiger partial charge in [-0.3, -0.25) is 4.90 Å².